The van der Waals surface area contributed by atoms with Crippen LogP contribution in [0.4, 0.5) is 0 Å². The minimum absolute atomic E-state index is 0.288. The average Bonchev–Trinajstić information content (AvgIpc) is 2.75. The first-order valence-corrected chi connectivity index (χ1v) is 12.4. The number of hydrogen-bond donors (Lipinski definition) is 0. The summed E-state index contributed by atoms with van der Waals surface area (Å²) in [5, 5.41) is 0. The minimum atomic E-state index is 0.288. The summed E-state index contributed by atoms with van der Waals surface area (Å²) in [5.74, 6) is 2.42. The van der Waals surface area contributed by atoms with Crippen LogP contribution in [0.3, 0.4) is 0 Å². The van der Waals surface area contributed by atoms with Crippen LogP contribution < -0.4 is 9.47 Å². The lowest BCUT2D eigenvalue weighted by Crippen LogP contribution is -2.61. The number of methoxy groups -OCH3 is 2. The summed E-state index contributed by atoms with van der Waals surface area (Å²) in [5.41, 5.74) is 2.79. The maximum atomic E-state index is 6.54. The van der Waals surface area contributed by atoms with Gasteiger partial charge in [-0.05, 0) is 50.3 Å². The van der Waals surface area contributed by atoms with Gasteiger partial charge in [-0.3, -0.25) is 0 Å². The van der Waals surface area contributed by atoms with E-state index in [0.29, 0.717) is 0 Å². The first-order valence-electron chi connectivity index (χ1n) is 12.4. The van der Waals surface area contributed by atoms with Gasteiger partial charge in [-0.2, -0.15) is 0 Å². The number of likely N-dealkylation sites (N-methyl/N-ethyl adjacent to an activating group) is 1. The maximum absolute atomic E-state index is 6.54. The highest BCUT2D eigenvalue weighted by Gasteiger charge is 2.43. The highest BCUT2D eigenvalue weighted by atomic mass is 16.5. The Morgan fingerprint density at radius 1 is 0.935 bits per heavy atom. The molecule has 3 aliphatic rings. The Labute approximate surface area is 189 Å². The van der Waals surface area contributed by atoms with Gasteiger partial charge in [0.25, 0.3) is 0 Å². The molecule has 0 aromatic heterocycles. The molecule has 2 saturated heterocycles. The van der Waals surface area contributed by atoms with Gasteiger partial charge in [-0.1, -0.05) is 0 Å². The van der Waals surface area contributed by atoms with E-state index in [-0.39, 0.29) is 6.10 Å². The molecule has 0 saturated carbocycles. The molecule has 0 N–H and O–H groups in total. The van der Waals surface area contributed by atoms with E-state index in [9.17, 15) is 0 Å². The Morgan fingerprint density at radius 3 is 2.39 bits per heavy atom. The molecule has 174 valence electrons. The largest absolute Gasteiger partial charge is 0.493 e. The molecule has 0 bridgehead atoms. The zero-order valence-corrected chi connectivity index (χ0v) is 20.5. The topological polar surface area (TPSA) is 27.7 Å². The molecule has 3 aliphatic heterocycles. The molecule has 0 spiro atoms. The Hall–Kier alpha value is -1.30. The lowest BCUT2D eigenvalue weighted by Gasteiger charge is -2.51. The van der Waals surface area contributed by atoms with E-state index in [1.807, 2.05) is 0 Å². The molecule has 0 amide bonds. The first kappa shape index (κ1) is 22.9. The van der Waals surface area contributed by atoms with Gasteiger partial charge in [0.2, 0.25) is 0 Å². The standard InChI is InChI=1S/C26H44N2O3/c1-20(31-19-22-9-8-13-28(3)12-7-6-10-24(22)28)17-27(2)14-11-21-15-25(29-4)26(30-5)16-23(21)18-27/h15-16,20,22,24H,6-14,17-19H2,1-5H3/q+2/t20-,22-,24-,27-,28-/m0/s1. The normalized spacial score (nSPS) is 33.8. The number of benzene rings is 1. The van der Waals surface area contributed by atoms with E-state index in [1.165, 1.54) is 60.8 Å². The third-order valence-electron chi connectivity index (χ3n) is 8.48. The van der Waals surface area contributed by atoms with Gasteiger partial charge in [-0.25, -0.2) is 0 Å². The Morgan fingerprint density at radius 2 is 1.65 bits per heavy atom. The van der Waals surface area contributed by atoms with Gasteiger partial charge in [0, 0.05) is 24.3 Å². The summed E-state index contributed by atoms with van der Waals surface area (Å²) in [6.45, 7) is 9.23. The number of fused-ring (bicyclic) bond motifs is 2. The van der Waals surface area contributed by atoms with Crippen LogP contribution in [0.15, 0.2) is 12.1 Å². The second kappa shape index (κ2) is 9.29. The van der Waals surface area contributed by atoms with Crippen LogP contribution >= 0.6 is 0 Å². The van der Waals surface area contributed by atoms with Crippen molar-refractivity contribution in [2.45, 2.75) is 64.1 Å². The van der Waals surface area contributed by atoms with Crippen LogP contribution in [-0.4, -0.2) is 82.2 Å². The van der Waals surface area contributed by atoms with Gasteiger partial charge < -0.3 is 23.2 Å². The van der Waals surface area contributed by atoms with Crippen LogP contribution in [0.5, 0.6) is 11.5 Å². The molecule has 0 radical (unpaired) electrons. The van der Waals surface area contributed by atoms with Crippen LogP contribution in [0.25, 0.3) is 0 Å². The van der Waals surface area contributed by atoms with Crippen molar-refractivity contribution in [1.82, 2.24) is 0 Å². The number of quaternary nitrogens is 2. The Bertz CT molecular complexity index is 765. The van der Waals surface area contributed by atoms with Crippen molar-refractivity contribution < 1.29 is 23.2 Å². The van der Waals surface area contributed by atoms with Gasteiger partial charge >= 0.3 is 0 Å². The van der Waals surface area contributed by atoms with Gasteiger partial charge in [0.15, 0.2) is 11.5 Å². The number of nitrogens with zero attached hydrogens (tertiary/aromatic N) is 2. The van der Waals surface area contributed by atoms with Crippen molar-refractivity contribution in [3.05, 3.63) is 23.3 Å². The molecule has 1 aromatic rings. The summed E-state index contributed by atoms with van der Waals surface area (Å²) >= 11 is 0. The number of rotatable bonds is 7. The van der Waals surface area contributed by atoms with Gasteiger partial charge in [0.05, 0.1) is 60.6 Å². The summed E-state index contributed by atoms with van der Waals surface area (Å²) < 4.78 is 19.9. The minimum Gasteiger partial charge on any atom is -0.493 e. The molecule has 1 aromatic carbocycles. The van der Waals surface area contributed by atoms with Crippen molar-refractivity contribution in [2.24, 2.45) is 5.92 Å². The van der Waals surface area contributed by atoms with Crippen LogP contribution in [-0.2, 0) is 17.7 Å². The monoisotopic (exact) mass is 432 g/mol. The van der Waals surface area contributed by atoms with Crippen molar-refractivity contribution in [1.29, 1.82) is 0 Å². The molecule has 3 heterocycles. The van der Waals surface area contributed by atoms with Gasteiger partial charge in [0.1, 0.15) is 19.2 Å². The fraction of sp³-hybridized carbons (Fsp3) is 0.769. The van der Waals surface area contributed by atoms with Crippen molar-refractivity contribution >= 4 is 0 Å². The lowest BCUT2D eigenvalue weighted by atomic mass is 9.82. The highest BCUT2D eigenvalue weighted by molar-refractivity contribution is 5.47. The summed E-state index contributed by atoms with van der Waals surface area (Å²) in [4.78, 5) is 0. The summed E-state index contributed by atoms with van der Waals surface area (Å²) in [6, 6.07) is 5.17. The molecule has 5 heteroatoms. The molecule has 31 heavy (non-hydrogen) atoms. The summed E-state index contributed by atoms with van der Waals surface area (Å²) in [6.07, 6.45) is 8.31. The van der Waals surface area contributed by atoms with Gasteiger partial charge in [-0.15, -0.1) is 0 Å². The molecule has 2 fully saturated rings. The Kier molecular flexibility index (Phi) is 6.85. The Balaban J connectivity index is 1.35. The zero-order valence-electron chi connectivity index (χ0n) is 20.5. The number of hydrogen-bond acceptors (Lipinski definition) is 3. The molecule has 0 aliphatic carbocycles. The highest BCUT2D eigenvalue weighted by Crippen LogP contribution is 2.37. The first-order chi connectivity index (χ1) is 14.9. The van der Waals surface area contributed by atoms with Crippen molar-refractivity contribution in [3.63, 3.8) is 0 Å². The predicted molar refractivity (Wildman–Crippen MR) is 125 cm³/mol. The third-order valence-corrected chi connectivity index (χ3v) is 8.48. The van der Waals surface area contributed by atoms with E-state index in [4.69, 9.17) is 14.2 Å². The molecule has 4 rings (SSSR count). The average molecular weight is 433 g/mol. The molecule has 0 unspecified atom stereocenters. The quantitative estimate of drug-likeness (QED) is 0.609. The van der Waals surface area contributed by atoms with E-state index in [0.717, 1.165) is 60.6 Å². The molecule has 5 atom stereocenters. The summed E-state index contributed by atoms with van der Waals surface area (Å²) in [7, 11) is 8.32. The van der Waals surface area contributed by atoms with E-state index in [2.05, 4.69) is 33.2 Å². The van der Waals surface area contributed by atoms with Crippen LogP contribution in [0, 0.1) is 5.92 Å². The van der Waals surface area contributed by atoms with E-state index < -0.39 is 0 Å². The van der Waals surface area contributed by atoms with Crippen molar-refractivity contribution in [3.8, 4) is 11.5 Å². The predicted octanol–water partition coefficient (Wildman–Crippen LogP) is 4.02. The van der Waals surface area contributed by atoms with Crippen LogP contribution in [0.2, 0.25) is 0 Å². The smallest absolute Gasteiger partial charge is 0.161 e. The number of piperidine rings is 2. The fourth-order valence-electron chi connectivity index (χ4n) is 6.77. The zero-order chi connectivity index (χ0) is 22.1. The number of ether oxygens (including phenoxy) is 3. The fourth-order valence-corrected chi connectivity index (χ4v) is 6.77. The van der Waals surface area contributed by atoms with E-state index in [1.54, 1.807) is 14.2 Å². The second-order valence-electron chi connectivity index (χ2n) is 10.9. The lowest BCUT2D eigenvalue weighted by molar-refractivity contribution is -0.947. The molecule has 5 nitrogen and oxygen atoms in total. The third kappa shape index (κ3) is 4.89. The molecular formula is C26H44N2O3+2. The molecular weight excluding hydrogens is 388 g/mol. The van der Waals surface area contributed by atoms with Crippen LogP contribution in [0.1, 0.15) is 50.2 Å². The van der Waals surface area contributed by atoms with E-state index >= 15 is 0 Å². The van der Waals surface area contributed by atoms with Crippen molar-refractivity contribution in [2.75, 3.05) is 61.1 Å². The SMILES string of the molecule is COc1cc2c(cc1OC)C[N@+](C)(C[C@H](C)OC[C@@H]1CCC[N@+]3(C)CCCC[C@@H]13)CC2. The second-order valence-corrected chi connectivity index (χ2v) is 10.9. The maximum Gasteiger partial charge on any atom is 0.161 e.